The van der Waals surface area contributed by atoms with Gasteiger partial charge >= 0.3 is 0 Å². The first-order valence-electron chi connectivity index (χ1n) is 7.60. The van der Waals surface area contributed by atoms with Gasteiger partial charge in [-0.15, -0.1) is 0 Å². The van der Waals surface area contributed by atoms with Crippen LogP contribution in [0.25, 0.3) is 11.1 Å². The van der Waals surface area contributed by atoms with E-state index in [1.165, 1.54) is 11.1 Å². The molecule has 0 aliphatic carbocycles. The topological polar surface area (TPSA) is 60.1 Å². The Morgan fingerprint density at radius 2 is 2.00 bits per heavy atom. The van der Waals surface area contributed by atoms with E-state index >= 15 is 0 Å². The number of benzene rings is 2. The SMILES string of the molecule is CN1O[C@]2(CCOc3ccc(-c4cc(F)cc(F)c4F)cc32)N=C1N. The van der Waals surface area contributed by atoms with E-state index < -0.39 is 23.2 Å². The predicted molar refractivity (Wildman–Crippen MR) is 84.0 cm³/mol. The average Bonchev–Trinajstić information content (AvgIpc) is 2.86. The van der Waals surface area contributed by atoms with Crippen LogP contribution in [0.1, 0.15) is 12.0 Å². The number of rotatable bonds is 1. The highest BCUT2D eigenvalue weighted by Crippen LogP contribution is 2.45. The summed E-state index contributed by atoms with van der Waals surface area (Å²) in [5.74, 6) is -2.55. The van der Waals surface area contributed by atoms with E-state index in [0.29, 0.717) is 30.4 Å². The molecule has 2 heterocycles. The summed E-state index contributed by atoms with van der Waals surface area (Å²) in [5, 5.41) is 1.34. The van der Waals surface area contributed by atoms with Crippen molar-refractivity contribution >= 4 is 5.96 Å². The zero-order valence-electron chi connectivity index (χ0n) is 13.2. The monoisotopic (exact) mass is 349 g/mol. The van der Waals surface area contributed by atoms with Gasteiger partial charge in [0.2, 0.25) is 11.7 Å². The van der Waals surface area contributed by atoms with Crippen LogP contribution in [-0.2, 0) is 10.6 Å². The van der Waals surface area contributed by atoms with Gasteiger partial charge in [0.25, 0.3) is 0 Å². The highest BCUT2D eigenvalue weighted by Gasteiger charge is 2.45. The molecular formula is C17H14F3N3O2. The lowest BCUT2D eigenvalue weighted by molar-refractivity contribution is -0.183. The third-order valence-corrected chi connectivity index (χ3v) is 4.31. The van der Waals surface area contributed by atoms with Crippen LogP contribution >= 0.6 is 0 Å². The summed E-state index contributed by atoms with van der Waals surface area (Å²) < 4.78 is 46.8. The van der Waals surface area contributed by atoms with Gasteiger partial charge in [0.1, 0.15) is 11.6 Å². The summed E-state index contributed by atoms with van der Waals surface area (Å²) in [6, 6.07) is 6.13. The average molecular weight is 349 g/mol. The smallest absolute Gasteiger partial charge is 0.221 e. The molecule has 0 fully saturated rings. The van der Waals surface area contributed by atoms with Crippen LogP contribution in [0.15, 0.2) is 35.3 Å². The van der Waals surface area contributed by atoms with Gasteiger partial charge < -0.3 is 10.5 Å². The number of fused-ring (bicyclic) bond motifs is 2. The highest BCUT2D eigenvalue weighted by atomic mass is 19.2. The van der Waals surface area contributed by atoms with Crippen molar-refractivity contribution in [3.63, 3.8) is 0 Å². The van der Waals surface area contributed by atoms with Crippen LogP contribution in [0, 0.1) is 17.5 Å². The predicted octanol–water partition coefficient (Wildman–Crippen LogP) is 2.90. The molecule has 25 heavy (non-hydrogen) atoms. The summed E-state index contributed by atoms with van der Waals surface area (Å²) in [7, 11) is 1.62. The van der Waals surface area contributed by atoms with E-state index in [1.807, 2.05) is 0 Å². The van der Waals surface area contributed by atoms with Crippen LogP contribution in [0.4, 0.5) is 13.2 Å². The molecule has 4 rings (SSSR count). The second-order valence-corrected chi connectivity index (χ2v) is 5.90. The molecule has 2 aliphatic rings. The Morgan fingerprint density at radius 3 is 2.72 bits per heavy atom. The van der Waals surface area contributed by atoms with Crippen LogP contribution in [0.5, 0.6) is 5.75 Å². The minimum atomic E-state index is -1.25. The van der Waals surface area contributed by atoms with Gasteiger partial charge in [-0.25, -0.2) is 28.1 Å². The Labute approximate surface area is 141 Å². The van der Waals surface area contributed by atoms with Crippen LogP contribution < -0.4 is 10.5 Å². The van der Waals surface area contributed by atoms with Crippen LogP contribution in [-0.4, -0.2) is 24.7 Å². The van der Waals surface area contributed by atoms with E-state index in [2.05, 4.69) is 4.99 Å². The summed E-state index contributed by atoms with van der Waals surface area (Å²) in [5.41, 5.74) is 5.33. The Balaban J connectivity index is 1.88. The number of nitrogens with zero attached hydrogens (tertiary/aromatic N) is 2. The van der Waals surface area contributed by atoms with Gasteiger partial charge in [-0.1, -0.05) is 6.07 Å². The minimum Gasteiger partial charge on any atom is -0.493 e. The summed E-state index contributed by atoms with van der Waals surface area (Å²) >= 11 is 0. The Morgan fingerprint density at radius 1 is 1.20 bits per heavy atom. The Hall–Kier alpha value is -2.74. The maximum absolute atomic E-state index is 14.1. The third-order valence-electron chi connectivity index (χ3n) is 4.31. The second-order valence-electron chi connectivity index (χ2n) is 5.90. The van der Waals surface area contributed by atoms with Crippen molar-refractivity contribution in [1.29, 1.82) is 0 Å². The molecule has 5 nitrogen and oxygen atoms in total. The number of hydrogen-bond acceptors (Lipinski definition) is 5. The number of nitrogens with two attached hydrogens (primary N) is 1. The Kier molecular flexibility index (Phi) is 3.40. The number of aliphatic imine (C=N–C) groups is 1. The zero-order valence-corrected chi connectivity index (χ0v) is 13.2. The maximum Gasteiger partial charge on any atom is 0.221 e. The van der Waals surface area contributed by atoms with Crippen molar-refractivity contribution in [3.8, 4) is 16.9 Å². The van der Waals surface area contributed by atoms with E-state index in [-0.39, 0.29) is 17.1 Å². The molecule has 0 aromatic heterocycles. The summed E-state index contributed by atoms with van der Waals surface area (Å²) in [6.07, 6.45) is 0.397. The largest absolute Gasteiger partial charge is 0.493 e. The lowest BCUT2D eigenvalue weighted by atomic mass is 9.92. The van der Waals surface area contributed by atoms with Crippen molar-refractivity contribution in [2.45, 2.75) is 12.1 Å². The molecule has 8 heteroatoms. The first-order valence-corrected chi connectivity index (χ1v) is 7.60. The lowest BCUT2D eigenvalue weighted by Gasteiger charge is -2.32. The standard InChI is InChI=1S/C17H14F3N3O2/c1-23-16(21)22-17(25-23)4-5-24-14-3-2-9(6-12(14)17)11-7-10(18)8-13(19)15(11)20/h2-3,6-8H,4-5H2,1H3,(H2,21,22)/t17-/m0/s1. The maximum atomic E-state index is 14.1. The molecule has 2 aromatic rings. The van der Waals surface area contributed by atoms with Gasteiger partial charge in [-0.3, -0.25) is 0 Å². The quantitative estimate of drug-likeness (QED) is 0.805. The van der Waals surface area contributed by atoms with Gasteiger partial charge in [0, 0.05) is 25.1 Å². The molecule has 0 bridgehead atoms. The molecule has 1 atom stereocenters. The summed E-state index contributed by atoms with van der Waals surface area (Å²) in [4.78, 5) is 10.2. The molecule has 0 unspecified atom stereocenters. The normalized spacial score (nSPS) is 21.9. The molecule has 1 spiro atoms. The van der Waals surface area contributed by atoms with Crippen molar-refractivity contribution in [2.24, 2.45) is 10.7 Å². The number of hydrogen-bond donors (Lipinski definition) is 1. The number of ether oxygens (including phenoxy) is 1. The van der Waals surface area contributed by atoms with Gasteiger partial charge in [-0.05, 0) is 23.8 Å². The Bertz CT molecular complexity index is 903. The van der Waals surface area contributed by atoms with E-state index in [0.717, 1.165) is 6.07 Å². The molecule has 0 saturated carbocycles. The fraction of sp³-hybridized carbons (Fsp3) is 0.235. The van der Waals surface area contributed by atoms with Gasteiger partial charge in [0.05, 0.1) is 12.2 Å². The van der Waals surface area contributed by atoms with Crippen LogP contribution in [0.2, 0.25) is 0 Å². The molecule has 130 valence electrons. The number of hydroxylamine groups is 2. The van der Waals surface area contributed by atoms with E-state index in [1.54, 1.807) is 19.2 Å². The van der Waals surface area contributed by atoms with Crippen molar-refractivity contribution in [1.82, 2.24) is 5.06 Å². The van der Waals surface area contributed by atoms with E-state index in [9.17, 15) is 13.2 Å². The molecule has 0 radical (unpaired) electrons. The highest BCUT2D eigenvalue weighted by molar-refractivity contribution is 5.79. The molecule has 2 N–H and O–H groups in total. The zero-order chi connectivity index (χ0) is 17.8. The minimum absolute atomic E-state index is 0.190. The summed E-state index contributed by atoms with van der Waals surface area (Å²) in [6.45, 7) is 0.361. The molecule has 2 aliphatic heterocycles. The number of guanidine groups is 1. The molecular weight excluding hydrogens is 335 g/mol. The lowest BCUT2D eigenvalue weighted by Crippen LogP contribution is -2.35. The van der Waals surface area contributed by atoms with Crippen molar-refractivity contribution < 1.29 is 22.7 Å². The van der Waals surface area contributed by atoms with Crippen molar-refractivity contribution in [3.05, 3.63) is 53.3 Å². The van der Waals surface area contributed by atoms with Gasteiger partial charge in [-0.2, -0.15) is 0 Å². The molecule has 0 saturated heterocycles. The molecule has 2 aromatic carbocycles. The van der Waals surface area contributed by atoms with E-state index in [4.69, 9.17) is 15.3 Å². The third kappa shape index (κ3) is 2.41. The number of halogens is 3. The van der Waals surface area contributed by atoms with Gasteiger partial charge in [0.15, 0.2) is 11.6 Å². The molecule has 0 amide bonds. The fourth-order valence-electron chi connectivity index (χ4n) is 3.09. The van der Waals surface area contributed by atoms with Crippen LogP contribution in [0.3, 0.4) is 0 Å². The fourth-order valence-corrected chi connectivity index (χ4v) is 3.09. The first kappa shape index (κ1) is 15.8. The first-order chi connectivity index (χ1) is 11.9. The second kappa shape index (κ2) is 5.38. The van der Waals surface area contributed by atoms with Crippen molar-refractivity contribution in [2.75, 3.05) is 13.7 Å².